The Kier molecular flexibility index (Phi) is 7.44. The van der Waals surface area contributed by atoms with Crippen molar-refractivity contribution in [1.82, 2.24) is 0 Å². The summed E-state index contributed by atoms with van der Waals surface area (Å²) in [7, 11) is 0. The smallest absolute Gasteiger partial charge is 0.231 e. The summed E-state index contributed by atoms with van der Waals surface area (Å²) >= 11 is 0. The van der Waals surface area contributed by atoms with Gasteiger partial charge in [-0.25, -0.2) is 0 Å². The third-order valence-corrected chi connectivity index (χ3v) is 3.39. The van der Waals surface area contributed by atoms with E-state index in [0.717, 1.165) is 61.2 Å². The molecule has 104 valence electrons. The fourth-order valence-electron chi connectivity index (χ4n) is 2.30. The molecule has 0 spiro atoms. The molecule has 19 heavy (non-hydrogen) atoms. The van der Waals surface area contributed by atoms with Crippen molar-refractivity contribution in [2.75, 3.05) is 6.79 Å². The van der Waals surface area contributed by atoms with Crippen molar-refractivity contribution in [3.05, 3.63) is 17.2 Å². The number of aromatic hydroxyl groups is 1. The molecule has 0 amide bonds. The molecular formula is C15H22NdO3. The molecule has 0 aromatic heterocycles. The van der Waals surface area contributed by atoms with E-state index in [-0.39, 0.29) is 47.6 Å². The van der Waals surface area contributed by atoms with Gasteiger partial charge in [-0.3, -0.25) is 0 Å². The minimum atomic E-state index is 0. The van der Waals surface area contributed by atoms with E-state index in [1.54, 1.807) is 0 Å². The molecule has 0 radical (unpaired) electrons. The molecule has 1 aromatic rings. The summed E-state index contributed by atoms with van der Waals surface area (Å²) in [4.78, 5) is 0. The fraction of sp³-hybridized carbons (Fsp3) is 0.600. The SMILES string of the molecule is CCCCc1cc2c(c(CCCC)c1O)OCO2.[Nd]. The zero-order valence-corrected chi connectivity index (χ0v) is 15.0. The molecule has 0 atom stereocenters. The van der Waals surface area contributed by atoms with Crippen LogP contribution in [-0.4, -0.2) is 11.9 Å². The van der Waals surface area contributed by atoms with E-state index >= 15 is 0 Å². The molecule has 0 saturated heterocycles. The summed E-state index contributed by atoms with van der Waals surface area (Å²) in [5.41, 5.74) is 1.92. The molecule has 0 unspecified atom stereocenters. The first-order valence-corrected chi connectivity index (χ1v) is 6.91. The molecule has 2 rings (SSSR count). The van der Waals surface area contributed by atoms with Crippen LogP contribution in [0, 0.1) is 40.8 Å². The van der Waals surface area contributed by atoms with Crippen molar-refractivity contribution >= 4 is 0 Å². The van der Waals surface area contributed by atoms with Crippen molar-refractivity contribution in [2.24, 2.45) is 0 Å². The molecule has 1 aliphatic rings. The standard InChI is InChI=1S/C15H22O3.Nd/c1-3-5-7-11-9-13-15(18-10-17-13)12(14(11)16)8-6-4-2;/h9,16H,3-8,10H2,1-2H3;. The molecular weight excluding hydrogens is 372 g/mol. The van der Waals surface area contributed by atoms with E-state index in [2.05, 4.69) is 13.8 Å². The number of fused-ring (bicyclic) bond motifs is 1. The quantitative estimate of drug-likeness (QED) is 0.797. The molecule has 0 bridgehead atoms. The Morgan fingerprint density at radius 3 is 2.47 bits per heavy atom. The Labute approximate surface area is 148 Å². The van der Waals surface area contributed by atoms with E-state index in [0.29, 0.717) is 5.75 Å². The number of ether oxygens (including phenoxy) is 2. The van der Waals surface area contributed by atoms with Crippen molar-refractivity contribution in [2.45, 2.75) is 52.4 Å². The monoisotopic (exact) mass is 392 g/mol. The topological polar surface area (TPSA) is 38.7 Å². The van der Waals surface area contributed by atoms with Crippen LogP contribution in [0.25, 0.3) is 0 Å². The predicted molar refractivity (Wildman–Crippen MR) is 71.5 cm³/mol. The number of aryl methyl sites for hydroxylation is 1. The number of unbranched alkanes of at least 4 members (excludes halogenated alkanes) is 2. The van der Waals surface area contributed by atoms with E-state index in [4.69, 9.17) is 9.47 Å². The first-order valence-electron chi connectivity index (χ1n) is 6.91. The summed E-state index contributed by atoms with van der Waals surface area (Å²) in [5.74, 6) is 1.97. The third kappa shape index (κ3) is 3.97. The van der Waals surface area contributed by atoms with Gasteiger partial charge in [-0.05, 0) is 37.3 Å². The van der Waals surface area contributed by atoms with Crippen LogP contribution in [0.15, 0.2) is 6.07 Å². The zero-order valence-electron chi connectivity index (χ0n) is 11.8. The van der Waals surface area contributed by atoms with Gasteiger partial charge >= 0.3 is 0 Å². The normalized spacial score (nSPS) is 12.3. The molecule has 0 fully saturated rings. The van der Waals surface area contributed by atoms with Crippen molar-refractivity contribution < 1.29 is 55.4 Å². The maximum Gasteiger partial charge on any atom is 0.231 e. The maximum atomic E-state index is 10.4. The van der Waals surface area contributed by atoms with Gasteiger partial charge in [0.2, 0.25) is 6.79 Å². The van der Waals surface area contributed by atoms with Gasteiger partial charge in [0.05, 0.1) is 0 Å². The van der Waals surface area contributed by atoms with Crippen molar-refractivity contribution in [3.8, 4) is 17.2 Å². The molecule has 0 saturated carbocycles. The molecule has 1 aliphatic heterocycles. The zero-order chi connectivity index (χ0) is 13.0. The number of rotatable bonds is 6. The largest absolute Gasteiger partial charge is 0.507 e. The van der Waals surface area contributed by atoms with Gasteiger partial charge in [-0.2, -0.15) is 0 Å². The number of hydrogen-bond donors (Lipinski definition) is 1. The van der Waals surface area contributed by atoms with Gasteiger partial charge in [0, 0.05) is 46.4 Å². The van der Waals surface area contributed by atoms with E-state index in [9.17, 15) is 5.11 Å². The number of hydrogen-bond acceptors (Lipinski definition) is 3. The molecule has 0 aliphatic carbocycles. The molecule has 4 heteroatoms. The summed E-state index contributed by atoms with van der Waals surface area (Å²) < 4.78 is 10.9. The van der Waals surface area contributed by atoms with Crippen LogP contribution in [-0.2, 0) is 12.8 Å². The molecule has 3 nitrogen and oxygen atoms in total. The maximum absolute atomic E-state index is 10.4. The molecule has 1 heterocycles. The molecule has 1 aromatic carbocycles. The molecule has 1 N–H and O–H groups in total. The summed E-state index contributed by atoms with van der Waals surface area (Å²) in [6, 6.07) is 1.93. The minimum absolute atomic E-state index is 0. The van der Waals surface area contributed by atoms with Gasteiger partial charge < -0.3 is 14.6 Å². The number of phenolic OH excluding ortho intramolecular Hbond substituents is 1. The van der Waals surface area contributed by atoms with Crippen LogP contribution in [0.2, 0.25) is 0 Å². The summed E-state index contributed by atoms with van der Waals surface area (Å²) in [5, 5.41) is 10.4. The van der Waals surface area contributed by atoms with Crippen molar-refractivity contribution in [3.63, 3.8) is 0 Å². The van der Waals surface area contributed by atoms with Crippen LogP contribution in [0.1, 0.15) is 50.7 Å². The van der Waals surface area contributed by atoms with Gasteiger partial charge in [0.15, 0.2) is 11.5 Å². The van der Waals surface area contributed by atoms with Gasteiger partial charge in [0.25, 0.3) is 0 Å². The Hall–Kier alpha value is -0.0294. The Morgan fingerprint density at radius 2 is 1.79 bits per heavy atom. The summed E-state index contributed by atoms with van der Waals surface area (Å²) in [6.07, 6.45) is 6.12. The van der Waals surface area contributed by atoms with E-state index < -0.39 is 0 Å². The Bertz CT molecular complexity index is 418. The second-order valence-electron chi connectivity index (χ2n) is 4.80. The second-order valence-corrected chi connectivity index (χ2v) is 4.80. The predicted octanol–water partition coefficient (Wildman–Crippen LogP) is 3.81. The third-order valence-electron chi connectivity index (χ3n) is 3.39. The van der Waals surface area contributed by atoms with E-state index in [1.165, 1.54) is 0 Å². The van der Waals surface area contributed by atoms with Gasteiger partial charge in [0.1, 0.15) is 5.75 Å². The van der Waals surface area contributed by atoms with E-state index in [1.807, 2.05) is 6.07 Å². The average Bonchev–Trinajstić information content (AvgIpc) is 2.83. The Balaban J connectivity index is 0.00000180. The van der Waals surface area contributed by atoms with Crippen LogP contribution in [0.3, 0.4) is 0 Å². The minimum Gasteiger partial charge on any atom is -0.507 e. The summed E-state index contributed by atoms with van der Waals surface area (Å²) in [6.45, 7) is 4.57. The van der Waals surface area contributed by atoms with Crippen LogP contribution in [0.5, 0.6) is 17.2 Å². The van der Waals surface area contributed by atoms with Crippen LogP contribution in [0.4, 0.5) is 0 Å². The fourth-order valence-corrected chi connectivity index (χ4v) is 2.30. The van der Waals surface area contributed by atoms with Crippen LogP contribution < -0.4 is 9.47 Å². The average molecular weight is 395 g/mol. The Morgan fingerprint density at radius 1 is 1.11 bits per heavy atom. The second kappa shape index (κ2) is 8.30. The first kappa shape index (κ1) is 17.0. The van der Waals surface area contributed by atoms with Crippen molar-refractivity contribution in [1.29, 1.82) is 0 Å². The van der Waals surface area contributed by atoms with Gasteiger partial charge in [-0.15, -0.1) is 0 Å². The van der Waals surface area contributed by atoms with Crippen LogP contribution >= 0.6 is 0 Å². The first-order chi connectivity index (χ1) is 8.77. The number of benzene rings is 1. The van der Waals surface area contributed by atoms with Gasteiger partial charge in [-0.1, -0.05) is 26.7 Å². The number of phenols is 1.